The Balaban J connectivity index is 1.52. The van der Waals surface area contributed by atoms with Gasteiger partial charge in [0.15, 0.2) is 0 Å². The van der Waals surface area contributed by atoms with E-state index >= 15 is 0 Å². The SMILES string of the molecule is CC(=O)N1CCC(c2nn(CC(=O)NCC(=O)NCC(=O)O)c3cccc(-c4cc5c(cnn5C)cc4C)c23)CC1. The van der Waals surface area contributed by atoms with Gasteiger partial charge >= 0.3 is 5.97 Å². The van der Waals surface area contributed by atoms with Gasteiger partial charge in [0, 0.05) is 43.8 Å². The molecule has 0 radical (unpaired) electrons. The van der Waals surface area contributed by atoms with Crippen molar-refractivity contribution in [3.05, 3.63) is 47.8 Å². The van der Waals surface area contributed by atoms with Gasteiger partial charge < -0.3 is 20.6 Å². The zero-order valence-electron chi connectivity index (χ0n) is 23.3. The van der Waals surface area contributed by atoms with E-state index in [4.69, 9.17) is 10.2 Å². The molecule has 41 heavy (non-hydrogen) atoms. The van der Waals surface area contributed by atoms with Crippen molar-refractivity contribution < 1.29 is 24.3 Å². The Kier molecular flexibility index (Phi) is 7.73. The fraction of sp³-hybridized carbons (Fsp3) is 0.379. The number of hydrogen-bond acceptors (Lipinski definition) is 6. The molecule has 1 fully saturated rings. The average Bonchev–Trinajstić information content (AvgIpc) is 3.50. The van der Waals surface area contributed by atoms with Gasteiger partial charge in [-0.05, 0) is 54.7 Å². The van der Waals surface area contributed by atoms with Crippen LogP contribution in [-0.2, 0) is 32.8 Å². The maximum absolute atomic E-state index is 12.8. The van der Waals surface area contributed by atoms with E-state index in [1.54, 1.807) is 11.6 Å². The van der Waals surface area contributed by atoms with Gasteiger partial charge in [-0.3, -0.25) is 28.5 Å². The van der Waals surface area contributed by atoms with Crippen LogP contribution in [0.3, 0.4) is 0 Å². The van der Waals surface area contributed by atoms with Gasteiger partial charge in [-0.2, -0.15) is 10.2 Å². The number of nitrogens with zero attached hydrogens (tertiary/aromatic N) is 5. The molecule has 5 rings (SSSR count). The van der Waals surface area contributed by atoms with Crippen molar-refractivity contribution in [2.45, 2.75) is 39.2 Å². The highest BCUT2D eigenvalue weighted by Gasteiger charge is 2.28. The third kappa shape index (κ3) is 5.76. The van der Waals surface area contributed by atoms with Crippen LogP contribution < -0.4 is 10.6 Å². The van der Waals surface area contributed by atoms with Gasteiger partial charge in [0.2, 0.25) is 17.7 Å². The number of carboxylic acid groups (broad SMARTS) is 1. The predicted octanol–water partition coefficient (Wildman–Crippen LogP) is 1.94. The van der Waals surface area contributed by atoms with Crippen LogP contribution in [0.15, 0.2) is 36.5 Å². The molecule has 0 saturated carbocycles. The van der Waals surface area contributed by atoms with Crippen molar-refractivity contribution in [3.63, 3.8) is 0 Å². The molecule has 4 aromatic rings. The van der Waals surface area contributed by atoms with Crippen molar-refractivity contribution in [1.82, 2.24) is 35.1 Å². The quantitative estimate of drug-likeness (QED) is 0.298. The summed E-state index contributed by atoms with van der Waals surface area (Å²) in [6.45, 7) is 3.97. The predicted molar refractivity (Wildman–Crippen MR) is 152 cm³/mol. The Bertz CT molecular complexity index is 1660. The lowest BCUT2D eigenvalue weighted by Crippen LogP contribution is -2.40. The summed E-state index contributed by atoms with van der Waals surface area (Å²) in [4.78, 5) is 49.2. The molecule has 1 saturated heterocycles. The number of hydrogen-bond donors (Lipinski definition) is 3. The van der Waals surface area contributed by atoms with E-state index in [-0.39, 0.29) is 24.9 Å². The number of nitrogens with one attached hydrogen (secondary N) is 2. The maximum atomic E-state index is 12.8. The van der Waals surface area contributed by atoms with Crippen LogP contribution in [0.25, 0.3) is 32.9 Å². The number of carbonyl (C=O) groups excluding carboxylic acids is 3. The van der Waals surface area contributed by atoms with E-state index in [1.165, 1.54) is 0 Å². The molecule has 1 aliphatic rings. The number of rotatable bonds is 8. The van der Waals surface area contributed by atoms with Crippen LogP contribution in [0.1, 0.15) is 36.9 Å². The van der Waals surface area contributed by atoms with Crippen LogP contribution >= 0.6 is 0 Å². The Hall–Kier alpha value is -4.74. The van der Waals surface area contributed by atoms with E-state index in [0.717, 1.165) is 57.0 Å². The fourth-order valence-electron chi connectivity index (χ4n) is 5.57. The van der Waals surface area contributed by atoms with Crippen LogP contribution in [-0.4, -0.2) is 79.4 Å². The highest BCUT2D eigenvalue weighted by atomic mass is 16.4. The van der Waals surface area contributed by atoms with Crippen molar-refractivity contribution in [3.8, 4) is 11.1 Å². The van der Waals surface area contributed by atoms with Gasteiger partial charge in [0.05, 0.1) is 29.5 Å². The Morgan fingerprint density at radius 1 is 1.00 bits per heavy atom. The normalized spacial score (nSPS) is 14.0. The molecule has 0 bridgehead atoms. The number of fused-ring (bicyclic) bond motifs is 2. The number of benzene rings is 2. The van der Waals surface area contributed by atoms with Crippen molar-refractivity contribution >= 4 is 45.5 Å². The molecule has 2 aromatic heterocycles. The lowest BCUT2D eigenvalue weighted by Gasteiger charge is -2.30. The van der Waals surface area contributed by atoms with Crippen LogP contribution in [0, 0.1) is 6.92 Å². The van der Waals surface area contributed by atoms with E-state index in [2.05, 4.69) is 40.9 Å². The maximum Gasteiger partial charge on any atom is 0.322 e. The topological polar surface area (TPSA) is 151 Å². The zero-order chi connectivity index (χ0) is 29.3. The molecule has 3 heterocycles. The van der Waals surface area contributed by atoms with Gasteiger partial charge in [-0.25, -0.2) is 0 Å². The Morgan fingerprint density at radius 3 is 2.44 bits per heavy atom. The molecule has 12 nitrogen and oxygen atoms in total. The molecule has 0 atom stereocenters. The molecule has 1 aliphatic heterocycles. The van der Waals surface area contributed by atoms with Crippen LogP contribution in [0.5, 0.6) is 0 Å². The zero-order valence-corrected chi connectivity index (χ0v) is 23.3. The lowest BCUT2D eigenvalue weighted by molar-refractivity contribution is -0.137. The van der Waals surface area contributed by atoms with Gasteiger partial charge in [0.25, 0.3) is 0 Å². The standard InChI is InChI=1S/C29H33N7O5/c1-17-11-20-13-32-34(3)24(20)12-22(17)21-5-4-6-23-28(21)29(19-7-9-35(10-8-19)18(2)37)33-36(23)16-26(39)30-14-25(38)31-15-27(40)41/h4-6,11-13,19H,7-10,14-16H2,1-3H3,(H,30,39)(H,31,38)(H,40,41). The minimum absolute atomic E-state index is 0.0590. The summed E-state index contributed by atoms with van der Waals surface area (Å²) in [6.07, 6.45) is 3.37. The molecule has 3 amide bonds. The first kappa shape index (κ1) is 27.8. The molecule has 12 heteroatoms. The second-order valence-electron chi connectivity index (χ2n) is 10.5. The first-order chi connectivity index (χ1) is 19.6. The Morgan fingerprint density at radius 2 is 1.73 bits per heavy atom. The number of likely N-dealkylation sites (tertiary alicyclic amines) is 1. The summed E-state index contributed by atoms with van der Waals surface area (Å²) < 4.78 is 3.51. The summed E-state index contributed by atoms with van der Waals surface area (Å²) in [7, 11) is 1.91. The summed E-state index contributed by atoms with van der Waals surface area (Å²) in [5, 5.41) is 24.9. The number of aryl methyl sites for hydroxylation is 2. The van der Waals surface area contributed by atoms with Crippen molar-refractivity contribution in [1.29, 1.82) is 0 Å². The van der Waals surface area contributed by atoms with Crippen molar-refractivity contribution in [2.24, 2.45) is 7.05 Å². The fourth-order valence-corrected chi connectivity index (χ4v) is 5.57. The third-order valence-corrected chi connectivity index (χ3v) is 7.69. The lowest BCUT2D eigenvalue weighted by atomic mass is 9.88. The van der Waals surface area contributed by atoms with E-state index in [1.807, 2.05) is 35.0 Å². The summed E-state index contributed by atoms with van der Waals surface area (Å²) in [6, 6.07) is 10.2. The highest BCUT2D eigenvalue weighted by Crippen LogP contribution is 2.40. The van der Waals surface area contributed by atoms with Gasteiger partial charge in [0.1, 0.15) is 13.1 Å². The minimum atomic E-state index is -1.16. The van der Waals surface area contributed by atoms with E-state index < -0.39 is 24.3 Å². The second-order valence-corrected chi connectivity index (χ2v) is 10.5. The first-order valence-corrected chi connectivity index (χ1v) is 13.5. The summed E-state index contributed by atoms with van der Waals surface area (Å²) in [5.41, 5.74) is 5.83. The summed E-state index contributed by atoms with van der Waals surface area (Å²) in [5.74, 6) is -2.02. The van der Waals surface area contributed by atoms with Crippen LogP contribution in [0.4, 0.5) is 0 Å². The number of carboxylic acids is 1. The second kappa shape index (κ2) is 11.4. The number of amides is 3. The van der Waals surface area contributed by atoms with Crippen LogP contribution in [0.2, 0.25) is 0 Å². The molecular weight excluding hydrogens is 526 g/mol. The minimum Gasteiger partial charge on any atom is -0.480 e. The molecular formula is C29H33N7O5. The van der Waals surface area contributed by atoms with Crippen molar-refractivity contribution in [2.75, 3.05) is 26.2 Å². The molecule has 0 aliphatic carbocycles. The van der Waals surface area contributed by atoms with Gasteiger partial charge in [-0.15, -0.1) is 0 Å². The summed E-state index contributed by atoms with van der Waals surface area (Å²) >= 11 is 0. The molecule has 2 aromatic carbocycles. The monoisotopic (exact) mass is 559 g/mol. The van der Waals surface area contributed by atoms with Gasteiger partial charge in [-0.1, -0.05) is 12.1 Å². The Labute approximate surface area is 236 Å². The number of aliphatic carboxylic acids is 1. The first-order valence-electron chi connectivity index (χ1n) is 13.5. The largest absolute Gasteiger partial charge is 0.480 e. The number of aromatic nitrogens is 4. The molecule has 3 N–H and O–H groups in total. The number of carbonyl (C=O) groups is 4. The molecule has 0 spiro atoms. The smallest absolute Gasteiger partial charge is 0.322 e. The number of piperidine rings is 1. The molecule has 0 unspecified atom stereocenters. The van der Waals surface area contributed by atoms with E-state index in [0.29, 0.717) is 13.1 Å². The average molecular weight is 560 g/mol. The third-order valence-electron chi connectivity index (χ3n) is 7.69. The highest BCUT2D eigenvalue weighted by molar-refractivity contribution is 6.00. The molecule has 214 valence electrons. The van der Waals surface area contributed by atoms with E-state index in [9.17, 15) is 19.2 Å².